The summed E-state index contributed by atoms with van der Waals surface area (Å²) in [5, 5.41) is 21.0. The number of nitro groups is 1. The van der Waals surface area contributed by atoms with Gasteiger partial charge in [-0.25, -0.2) is 14.1 Å². The van der Waals surface area contributed by atoms with Crippen molar-refractivity contribution in [2.24, 2.45) is 0 Å². The number of hydrogen-bond donors (Lipinski definition) is 1. The molecule has 134 valence electrons. The quantitative estimate of drug-likeness (QED) is 0.526. The average molecular weight is 359 g/mol. The van der Waals surface area contributed by atoms with Gasteiger partial charge in [0.15, 0.2) is 0 Å². The van der Waals surface area contributed by atoms with Gasteiger partial charge < -0.3 is 10.1 Å². The third-order valence-electron chi connectivity index (χ3n) is 3.47. The molecule has 0 fully saturated rings. The summed E-state index contributed by atoms with van der Waals surface area (Å²) in [5.74, 6) is -1.08. The summed E-state index contributed by atoms with van der Waals surface area (Å²) >= 11 is 0. The van der Waals surface area contributed by atoms with Crippen molar-refractivity contribution in [3.8, 4) is 0 Å². The first-order valence-electron chi connectivity index (χ1n) is 7.53. The molecule has 10 nitrogen and oxygen atoms in total. The van der Waals surface area contributed by atoms with Gasteiger partial charge in [0.1, 0.15) is 18.7 Å². The molecule has 2 aromatic heterocycles. The lowest BCUT2D eigenvalue weighted by atomic mass is 10.2. The summed E-state index contributed by atoms with van der Waals surface area (Å²) in [7, 11) is 0. The first kappa shape index (κ1) is 17.2. The van der Waals surface area contributed by atoms with E-state index in [1.807, 2.05) is 0 Å². The van der Waals surface area contributed by atoms with E-state index in [1.54, 1.807) is 19.1 Å². The normalized spacial score (nSPS) is 10.7. The standard InChI is InChI=1S/C15H14FN7O3/c1-10-5-13(23(25)26)19-22(10)8-14(24)18-15-17-9-21(20-15)7-11-3-2-4-12(16)6-11/h2-6,9H,7-8H2,1H3,(H,18,20,24). The largest absolute Gasteiger partial charge is 0.390 e. The Balaban J connectivity index is 1.62. The van der Waals surface area contributed by atoms with Gasteiger partial charge in [-0.3, -0.25) is 10.1 Å². The van der Waals surface area contributed by atoms with Crippen LogP contribution in [0.1, 0.15) is 11.3 Å². The molecule has 0 aliphatic carbocycles. The second kappa shape index (κ2) is 7.09. The minimum absolute atomic E-state index is 0.0747. The Kier molecular flexibility index (Phi) is 4.69. The molecule has 0 aliphatic rings. The zero-order valence-electron chi connectivity index (χ0n) is 13.7. The van der Waals surface area contributed by atoms with Crippen LogP contribution in [-0.4, -0.2) is 35.4 Å². The van der Waals surface area contributed by atoms with Crippen LogP contribution in [0.5, 0.6) is 0 Å². The maximum absolute atomic E-state index is 13.2. The molecule has 0 aliphatic heterocycles. The van der Waals surface area contributed by atoms with Crippen molar-refractivity contribution in [1.29, 1.82) is 0 Å². The van der Waals surface area contributed by atoms with Gasteiger partial charge in [-0.2, -0.15) is 4.68 Å². The Bertz CT molecular complexity index is 966. The third kappa shape index (κ3) is 4.06. The van der Waals surface area contributed by atoms with Gasteiger partial charge in [-0.05, 0) is 29.5 Å². The van der Waals surface area contributed by atoms with E-state index >= 15 is 0 Å². The zero-order valence-corrected chi connectivity index (χ0v) is 13.7. The highest BCUT2D eigenvalue weighted by molar-refractivity contribution is 5.88. The SMILES string of the molecule is Cc1cc([N+](=O)[O-])nn1CC(=O)Nc1ncn(Cc2cccc(F)c2)n1. The number of aryl methyl sites for hydroxylation is 1. The summed E-state index contributed by atoms with van der Waals surface area (Å²) in [5.41, 5.74) is 1.18. The van der Waals surface area contributed by atoms with Crippen LogP contribution >= 0.6 is 0 Å². The third-order valence-corrected chi connectivity index (χ3v) is 3.47. The van der Waals surface area contributed by atoms with E-state index in [-0.39, 0.29) is 24.1 Å². The molecule has 0 bridgehead atoms. The van der Waals surface area contributed by atoms with Crippen molar-refractivity contribution in [1.82, 2.24) is 24.5 Å². The fourth-order valence-electron chi connectivity index (χ4n) is 2.29. The van der Waals surface area contributed by atoms with Crippen LogP contribution in [0.15, 0.2) is 36.7 Å². The number of anilines is 1. The highest BCUT2D eigenvalue weighted by Gasteiger charge is 2.18. The zero-order chi connectivity index (χ0) is 18.7. The second-order valence-electron chi connectivity index (χ2n) is 5.50. The molecule has 1 N–H and O–H groups in total. The lowest BCUT2D eigenvalue weighted by Gasteiger charge is -2.02. The molecule has 0 unspecified atom stereocenters. The molecular weight excluding hydrogens is 345 g/mol. The van der Waals surface area contributed by atoms with Crippen molar-refractivity contribution < 1.29 is 14.1 Å². The van der Waals surface area contributed by atoms with Crippen LogP contribution in [0.4, 0.5) is 16.2 Å². The van der Waals surface area contributed by atoms with Crippen molar-refractivity contribution in [2.75, 3.05) is 5.32 Å². The number of rotatable bonds is 6. The van der Waals surface area contributed by atoms with Crippen molar-refractivity contribution in [3.63, 3.8) is 0 Å². The monoisotopic (exact) mass is 359 g/mol. The molecule has 0 saturated carbocycles. The van der Waals surface area contributed by atoms with E-state index < -0.39 is 10.8 Å². The Morgan fingerprint density at radius 3 is 2.85 bits per heavy atom. The fraction of sp³-hybridized carbons (Fsp3) is 0.200. The van der Waals surface area contributed by atoms with E-state index in [9.17, 15) is 19.3 Å². The maximum Gasteiger partial charge on any atom is 0.390 e. The van der Waals surface area contributed by atoms with E-state index in [0.29, 0.717) is 17.8 Å². The topological polar surface area (TPSA) is 121 Å². The first-order valence-corrected chi connectivity index (χ1v) is 7.53. The van der Waals surface area contributed by atoms with Crippen LogP contribution in [0.2, 0.25) is 0 Å². The summed E-state index contributed by atoms with van der Waals surface area (Å²) in [6, 6.07) is 7.34. The fourth-order valence-corrected chi connectivity index (χ4v) is 2.29. The molecule has 26 heavy (non-hydrogen) atoms. The second-order valence-corrected chi connectivity index (χ2v) is 5.50. The van der Waals surface area contributed by atoms with Crippen molar-refractivity contribution >= 4 is 17.7 Å². The number of carbonyl (C=O) groups is 1. The van der Waals surface area contributed by atoms with Crippen LogP contribution < -0.4 is 5.32 Å². The molecule has 11 heteroatoms. The number of amides is 1. The summed E-state index contributed by atoms with van der Waals surface area (Å²) in [6.45, 7) is 1.70. The van der Waals surface area contributed by atoms with Crippen LogP contribution in [0.3, 0.4) is 0 Å². The number of nitrogens with one attached hydrogen (secondary N) is 1. The molecule has 0 saturated heterocycles. The van der Waals surface area contributed by atoms with Gasteiger partial charge in [-0.1, -0.05) is 12.1 Å². The van der Waals surface area contributed by atoms with Gasteiger partial charge in [0.2, 0.25) is 5.95 Å². The number of nitrogens with zero attached hydrogens (tertiary/aromatic N) is 6. The summed E-state index contributed by atoms with van der Waals surface area (Å²) < 4.78 is 15.9. The van der Waals surface area contributed by atoms with E-state index in [4.69, 9.17) is 0 Å². The number of halogens is 1. The number of carbonyl (C=O) groups excluding carboxylic acids is 1. The van der Waals surface area contributed by atoms with Gasteiger partial charge >= 0.3 is 5.82 Å². The Labute approximate surface area is 146 Å². The van der Waals surface area contributed by atoms with E-state index in [0.717, 1.165) is 0 Å². The minimum atomic E-state index is -0.628. The summed E-state index contributed by atoms with van der Waals surface area (Å²) in [4.78, 5) is 26.1. The van der Waals surface area contributed by atoms with Crippen molar-refractivity contribution in [3.05, 3.63) is 63.8 Å². The number of hydrogen-bond acceptors (Lipinski definition) is 6. The predicted octanol–water partition coefficient (Wildman–Crippen LogP) is 1.52. The smallest absolute Gasteiger partial charge is 0.358 e. The van der Waals surface area contributed by atoms with Crippen LogP contribution in [-0.2, 0) is 17.9 Å². The van der Waals surface area contributed by atoms with Gasteiger partial charge in [0.25, 0.3) is 5.91 Å². The average Bonchev–Trinajstić information content (AvgIpc) is 3.14. The van der Waals surface area contributed by atoms with E-state index in [2.05, 4.69) is 20.5 Å². The van der Waals surface area contributed by atoms with Crippen LogP contribution in [0.25, 0.3) is 0 Å². The molecule has 0 atom stereocenters. The van der Waals surface area contributed by atoms with Gasteiger partial charge in [0.05, 0.1) is 23.4 Å². The lowest BCUT2D eigenvalue weighted by molar-refractivity contribution is -0.389. The molecule has 1 amide bonds. The molecule has 3 aromatic rings. The molecule has 3 rings (SSSR count). The van der Waals surface area contributed by atoms with E-state index in [1.165, 1.54) is 33.9 Å². The number of benzene rings is 1. The van der Waals surface area contributed by atoms with Gasteiger partial charge in [0, 0.05) is 0 Å². The van der Waals surface area contributed by atoms with Crippen molar-refractivity contribution in [2.45, 2.75) is 20.0 Å². The lowest BCUT2D eigenvalue weighted by Crippen LogP contribution is -2.21. The first-order chi connectivity index (χ1) is 12.4. The Hall–Kier alpha value is -3.63. The predicted molar refractivity (Wildman–Crippen MR) is 87.8 cm³/mol. The molecule has 0 radical (unpaired) electrons. The summed E-state index contributed by atoms with van der Waals surface area (Å²) in [6.07, 6.45) is 1.41. The maximum atomic E-state index is 13.2. The Morgan fingerprint density at radius 1 is 1.35 bits per heavy atom. The van der Waals surface area contributed by atoms with Crippen LogP contribution in [0, 0.1) is 22.9 Å². The highest BCUT2D eigenvalue weighted by Crippen LogP contribution is 2.11. The number of aromatic nitrogens is 5. The molecular formula is C15H14FN7O3. The molecule has 0 spiro atoms. The molecule has 1 aromatic carbocycles. The highest BCUT2D eigenvalue weighted by atomic mass is 19.1. The van der Waals surface area contributed by atoms with Gasteiger partial charge in [-0.15, -0.1) is 5.10 Å². The minimum Gasteiger partial charge on any atom is -0.358 e. The molecule has 2 heterocycles. The Morgan fingerprint density at radius 2 is 2.15 bits per heavy atom.